The zero-order valence-corrected chi connectivity index (χ0v) is 11.5. The molecule has 0 bridgehead atoms. The summed E-state index contributed by atoms with van der Waals surface area (Å²) >= 11 is 0. The average Bonchev–Trinajstić information content (AvgIpc) is 2.41. The van der Waals surface area contributed by atoms with Crippen LogP contribution in [-0.4, -0.2) is 49.5 Å². The molecule has 2 rings (SSSR count). The number of anilines is 1. The third-order valence-corrected chi connectivity index (χ3v) is 2.93. The van der Waals surface area contributed by atoms with E-state index >= 15 is 0 Å². The standard InChI is InChI=1S/C14H19N3O3/c1-2-20-12-5-3-11(4-6-12)16-14(19)10-17-8-7-15-13(18)9-17/h3-6H,2,7-10H2,1H3,(H,15,18)(H,16,19). The van der Waals surface area contributed by atoms with Crippen molar-refractivity contribution in [1.29, 1.82) is 0 Å². The van der Waals surface area contributed by atoms with Gasteiger partial charge in [0.25, 0.3) is 0 Å². The minimum absolute atomic E-state index is 0.0369. The van der Waals surface area contributed by atoms with Gasteiger partial charge < -0.3 is 15.4 Å². The number of nitrogens with one attached hydrogen (secondary N) is 2. The highest BCUT2D eigenvalue weighted by Gasteiger charge is 2.18. The first-order valence-corrected chi connectivity index (χ1v) is 6.69. The first kappa shape index (κ1) is 14.3. The lowest BCUT2D eigenvalue weighted by Crippen LogP contribution is -2.49. The van der Waals surface area contributed by atoms with Crippen molar-refractivity contribution in [3.05, 3.63) is 24.3 Å². The first-order valence-electron chi connectivity index (χ1n) is 6.69. The van der Waals surface area contributed by atoms with Gasteiger partial charge in [-0.1, -0.05) is 0 Å². The molecular weight excluding hydrogens is 258 g/mol. The van der Waals surface area contributed by atoms with E-state index in [2.05, 4.69) is 10.6 Å². The van der Waals surface area contributed by atoms with Crippen LogP contribution in [0.2, 0.25) is 0 Å². The van der Waals surface area contributed by atoms with Crippen molar-refractivity contribution in [3.8, 4) is 5.75 Å². The Morgan fingerprint density at radius 3 is 2.80 bits per heavy atom. The number of amides is 2. The topological polar surface area (TPSA) is 70.7 Å². The molecule has 1 fully saturated rings. The minimum Gasteiger partial charge on any atom is -0.494 e. The van der Waals surface area contributed by atoms with Crippen LogP contribution in [0, 0.1) is 0 Å². The second kappa shape index (κ2) is 6.91. The SMILES string of the molecule is CCOc1ccc(NC(=O)CN2CCNC(=O)C2)cc1. The van der Waals surface area contributed by atoms with Crippen molar-refractivity contribution in [2.24, 2.45) is 0 Å². The van der Waals surface area contributed by atoms with Crippen LogP contribution in [0.3, 0.4) is 0 Å². The third kappa shape index (κ3) is 4.24. The van der Waals surface area contributed by atoms with Gasteiger partial charge in [-0.15, -0.1) is 0 Å². The van der Waals surface area contributed by atoms with Crippen LogP contribution in [0.1, 0.15) is 6.92 Å². The van der Waals surface area contributed by atoms with Crippen molar-refractivity contribution in [1.82, 2.24) is 10.2 Å². The zero-order valence-electron chi connectivity index (χ0n) is 11.5. The molecule has 0 radical (unpaired) electrons. The summed E-state index contributed by atoms with van der Waals surface area (Å²) in [6, 6.07) is 7.22. The fourth-order valence-corrected chi connectivity index (χ4v) is 2.03. The van der Waals surface area contributed by atoms with Crippen molar-refractivity contribution in [2.75, 3.05) is 38.1 Å². The summed E-state index contributed by atoms with van der Waals surface area (Å²) in [7, 11) is 0. The van der Waals surface area contributed by atoms with Gasteiger partial charge in [-0.25, -0.2) is 0 Å². The molecule has 1 aromatic carbocycles. The highest BCUT2D eigenvalue weighted by Crippen LogP contribution is 2.15. The predicted molar refractivity (Wildman–Crippen MR) is 75.7 cm³/mol. The largest absolute Gasteiger partial charge is 0.494 e. The summed E-state index contributed by atoms with van der Waals surface area (Å²) in [5.41, 5.74) is 0.722. The van der Waals surface area contributed by atoms with E-state index in [1.807, 2.05) is 24.0 Å². The second-order valence-corrected chi connectivity index (χ2v) is 4.57. The van der Waals surface area contributed by atoms with E-state index in [0.29, 0.717) is 19.7 Å². The molecule has 0 unspecified atom stereocenters. The second-order valence-electron chi connectivity index (χ2n) is 4.57. The molecular formula is C14H19N3O3. The van der Waals surface area contributed by atoms with Gasteiger partial charge in [-0.05, 0) is 31.2 Å². The zero-order chi connectivity index (χ0) is 14.4. The Kier molecular flexibility index (Phi) is 4.95. The Hall–Kier alpha value is -2.08. The monoisotopic (exact) mass is 277 g/mol. The van der Waals surface area contributed by atoms with Gasteiger partial charge in [0.15, 0.2) is 0 Å². The molecule has 0 atom stereocenters. The molecule has 1 heterocycles. The van der Waals surface area contributed by atoms with Crippen LogP contribution in [-0.2, 0) is 9.59 Å². The van der Waals surface area contributed by atoms with Crippen molar-refractivity contribution >= 4 is 17.5 Å². The highest BCUT2D eigenvalue weighted by atomic mass is 16.5. The Bertz CT molecular complexity index is 473. The number of benzene rings is 1. The molecule has 1 saturated heterocycles. The summed E-state index contributed by atoms with van der Waals surface area (Å²) in [5.74, 6) is 0.618. The lowest BCUT2D eigenvalue weighted by atomic mass is 10.3. The van der Waals surface area contributed by atoms with Crippen molar-refractivity contribution < 1.29 is 14.3 Å². The van der Waals surface area contributed by atoms with Crippen molar-refractivity contribution in [2.45, 2.75) is 6.92 Å². The molecule has 0 aromatic heterocycles. The Morgan fingerprint density at radius 1 is 1.40 bits per heavy atom. The summed E-state index contributed by atoms with van der Waals surface area (Å²) < 4.78 is 5.33. The molecule has 6 heteroatoms. The molecule has 0 aliphatic carbocycles. The van der Waals surface area contributed by atoms with Gasteiger partial charge >= 0.3 is 0 Å². The molecule has 20 heavy (non-hydrogen) atoms. The lowest BCUT2D eigenvalue weighted by Gasteiger charge is -2.25. The van der Waals surface area contributed by atoms with Crippen LogP contribution < -0.4 is 15.4 Å². The van der Waals surface area contributed by atoms with Crippen LogP contribution in [0.15, 0.2) is 24.3 Å². The van der Waals surface area contributed by atoms with Gasteiger partial charge in [-0.2, -0.15) is 0 Å². The maximum atomic E-state index is 11.9. The summed E-state index contributed by atoms with van der Waals surface area (Å²) in [4.78, 5) is 24.9. The van der Waals surface area contributed by atoms with E-state index in [9.17, 15) is 9.59 Å². The fraction of sp³-hybridized carbons (Fsp3) is 0.429. The highest BCUT2D eigenvalue weighted by molar-refractivity contribution is 5.92. The van der Waals surface area contributed by atoms with Crippen LogP contribution in [0.25, 0.3) is 0 Å². The van der Waals surface area contributed by atoms with Gasteiger partial charge in [0.2, 0.25) is 11.8 Å². The normalized spacial score (nSPS) is 15.6. The smallest absolute Gasteiger partial charge is 0.238 e. The van der Waals surface area contributed by atoms with Gasteiger partial charge in [0.05, 0.1) is 19.7 Å². The Morgan fingerprint density at radius 2 is 2.15 bits per heavy atom. The molecule has 2 N–H and O–H groups in total. The quantitative estimate of drug-likeness (QED) is 0.820. The molecule has 108 valence electrons. The molecule has 2 amide bonds. The molecule has 1 aliphatic rings. The van der Waals surface area contributed by atoms with Crippen LogP contribution >= 0.6 is 0 Å². The molecule has 6 nitrogen and oxygen atoms in total. The minimum atomic E-state index is -0.121. The van der Waals surface area contributed by atoms with E-state index in [0.717, 1.165) is 11.4 Å². The van der Waals surface area contributed by atoms with Crippen molar-refractivity contribution in [3.63, 3.8) is 0 Å². The molecule has 0 spiro atoms. The summed E-state index contributed by atoms with van der Waals surface area (Å²) in [6.07, 6.45) is 0. The number of piperazine rings is 1. The third-order valence-electron chi connectivity index (χ3n) is 2.93. The average molecular weight is 277 g/mol. The number of rotatable bonds is 5. The Balaban J connectivity index is 1.83. The van der Waals surface area contributed by atoms with E-state index in [1.165, 1.54) is 0 Å². The number of carbonyl (C=O) groups excluding carboxylic acids is 2. The van der Waals surface area contributed by atoms with E-state index in [-0.39, 0.29) is 24.9 Å². The van der Waals surface area contributed by atoms with Gasteiger partial charge in [0.1, 0.15) is 5.75 Å². The van der Waals surface area contributed by atoms with E-state index < -0.39 is 0 Å². The van der Waals surface area contributed by atoms with E-state index in [1.54, 1.807) is 12.1 Å². The number of carbonyl (C=O) groups is 2. The number of hydrogen-bond donors (Lipinski definition) is 2. The molecule has 1 aromatic rings. The lowest BCUT2D eigenvalue weighted by molar-refractivity contribution is -0.125. The fourth-order valence-electron chi connectivity index (χ4n) is 2.03. The first-order chi connectivity index (χ1) is 9.67. The molecule has 1 aliphatic heterocycles. The van der Waals surface area contributed by atoms with Gasteiger partial charge in [-0.3, -0.25) is 14.5 Å². The van der Waals surface area contributed by atoms with Crippen LogP contribution in [0.5, 0.6) is 5.75 Å². The maximum absolute atomic E-state index is 11.9. The number of nitrogens with zero attached hydrogens (tertiary/aromatic N) is 1. The predicted octanol–water partition coefficient (Wildman–Crippen LogP) is 0.456. The maximum Gasteiger partial charge on any atom is 0.238 e. The number of hydrogen-bond acceptors (Lipinski definition) is 4. The summed E-state index contributed by atoms with van der Waals surface area (Å²) in [6.45, 7) is 4.32. The molecule has 0 saturated carbocycles. The number of ether oxygens (including phenoxy) is 1. The van der Waals surface area contributed by atoms with Crippen LogP contribution in [0.4, 0.5) is 5.69 Å². The summed E-state index contributed by atoms with van der Waals surface area (Å²) in [5, 5.41) is 5.53. The van der Waals surface area contributed by atoms with Gasteiger partial charge in [0, 0.05) is 18.8 Å². The Labute approximate surface area is 118 Å². The van der Waals surface area contributed by atoms with E-state index in [4.69, 9.17) is 4.74 Å².